The van der Waals surface area contributed by atoms with Crippen LogP contribution in [-0.2, 0) is 4.79 Å². The quantitative estimate of drug-likeness (QED) is 0.756. The lowest BCUT2D eigenvalue weighted by atomic mass is 10.2. The van der Waals surface area contributed by atoms with Crippen LogP contribution in [0.3, 0.4) is 0 Å². The molecule has 0 saturated heterocycles. The predicted octanol–water partition coefficient (Wildman–Crippen LogP) is 1.59. The highest BCUT2D eigenvalue weighted by atomic mass is 16.4. The first-order valence-corrected chi connectivity index (χ1v) is 4.27. The molecule has 1 aromatic carbocycles. The number of nitriles is 1. The molecule has 0 aromatic heterocycles. The van der Waals surface area contributed by atoms with Gasteiger partial charge in [-0.05, 0) is 24.3 Å². The summed E-state index contributed by atoms with van der Waals surface area (Å²) < 4.78 is 0. The smallest absolute Gasteiger partial charge is 0.329 e. The summed E-state index contributed by atoms with van der Waals surface area (Å²) in [4.78, 5) is 11.9. The Hall–Kier alpha value is -2.28. The Kier molecular flexibility index (Phi) is 3.47. The fourth-order valence-corrected chi connectivity index (χ4v) is 1.03. The maximum Gasteiger partial charge on any atom is 0.329 e. The van der Waals surface area contributed by atoms with Crippen LogP contribution in [0.15, 0.2) is 36.5 Å². The molecule has 0 aliphatic rings. The molecule has 76 valence electrons. The summed E-state index contributed by atoms with van der Waals surface area (Å²) in [6.45, 7) is 0. The van der Waals surface area contributed by atoms with Gasteiger partial charge in [0.1, 0.15) is 0 Å². The number of hydrogen-bond acceptors (Lipinski definition) is 3. The highest BCUT2D eigenvalue weighted by Crippen LogP contribution is 2.13. The Balaban J connectivity index is 2.79. The average Bonchev–Trinajstić information content (AvgIpc) is 2.26. The van der Waals surface area contributed by atoms with Crippen LogP contribution in [0.1, 0.15) is 5.56 Å². The maximum absolute atomic E-state index is 10.3. The van der Waals surface area contributed by atoms with Crippen molar-refractivity contribution in [3.63, 3.8) is 0 Å². The van der Waals surface area contributed by atoms with E-state index in [4.69, 9.17) is 10.4 Å². The van der Waals surface area contributed by atoms with Crippen molar-refractivity contribution in [1.82, 2.24) is 0 Å². The van der Waals surface area contributed by atoms with Gasteiger partial charge in [-0.1, -0.05) is 0 Å². The molecule has 1 aromatic rings. The Morgan fingerprint density at radius 1 is 1.47 bits per heavy atom. The number of carboxylic acids is 1. The summed E-state index contributed by atoms with van der Waals surface area (Å²) in [5.74, 6) is -0.990. The highest BCUT2D eigenvalue weighted by Gasteiger charge is 1.97. The van der Waals surface area contributed by atoms with Crippen LogP contribution in [0, 0.1) is 11.3 Å². The molecule has 0 amide bonds. The molecule has 0 atom stereocenters. The van der Waals surface area contributed by atoms with Crippen molar-refractivity contribution in [3.8, 4) is 6.07 Å². The van der Waals surface area contributed by atoms with Gasteiger partial charge in [0.05, 0.1) is 11.6 Å². The number of carboxylic acid groups (broad SMARTS) is 1. The third kappa shape index (κ3) is 3.16. The van der Waals surface area contributed by atoms with E-state index >= 15 is 0 Å². The molecule has 0 aliphatic heterocycles. The molecule has 1 N–H and O–H groups in total. The Labute approximate surface area is 87.7 Å². The van der Waals surface area contributed by atoms with Crippen LogP contribution < -0.4 is 4.90 Å². The van der Waals surface area contributed by atoms with Crippen LogP contribution in [-0.4, -0.2) is 18.1 Å². The molecule has 0 bridgehead atoms. The Morgan fingerprint density at radius 2 is 2.07 bits per heavy atom. The lowest BCUT2D eigenvalue weighted by Crippen LogP contribution is -2.08. The second kappa shape index (κ2) is 4.82. The van der Waals surface area contributed by atoms with Crippen molar-refractivity contribution < 1.29 is 9.90 Å². The first-order chi connectivity index (χ1) is 7.13. The van der Waals surface area contributed by atoms with Gasteiger partial charge in [0.25, 0.3) is 0 Å². The number of carbonyl (C=O) groups is 1. The SMILES string of the molecule is CN(/C=C/C(=O)O)c1ccc(C#N)cc1. The fourth-order valence-electron chi connectivity index (χ4n) is 1.03. The number of anilines is 1. The van der Waals surface area contributed by atoms with Crippen molar-refractivity contribution in [1.29, 1.82) is 5.26 Å². The van der Waals surface area contributed by atoms with Crippen LogP contribution in [0.4, 0.5) is 5.69 Å². The normalized spacial score (nSPS) is 9.87. The molecule has 4 heteroatoms. The summed E-state index contributed by atoms with van der Waals surface area (Å²) in [6, 6.07) is 8.88. The minimum atomic E-state index is -0.990. The number of benzene rings is 1. The van der Waals surface area contributed by atoms with E-state index in [0.717, 1.165) is 11.8 Å². The zero-order valence-electron chi connectivity index (χ0n) is 8.21. The fraction of sp³-hybridized carbons (Fsp3) is 0.0909. The van der Waals surface area contributed by atoms with E-state index in [1.807, 2.05) is 6.07 Å². The largest absolute Gasteiger partial charge is 0.478 e. The van der Waals surface area contributed by atoms with Gasteiger partial charge >= 0.3 is 5.97 Å². The Morgan fingerprint density at radius 3 is 2.53 bits per heavy atom. The van der Waals surface area contributed by atoms with Crippen LogP contribution in [0.5, 0.6) is 0 Å². The Bertz CT molecular complexity index is 415. The summed E-state index contributed by atoms with van der Waals surface area (Å²) in [5, 5.41) is 17.0. The van der Waals surface area contributed by atoms with E-state index in [-0.39, 0.29) is 0 Å². The van der Waals surface area contributed by atoms with Crippen LogP contribution in [0.2, 0.25) is 0 Å². The zero-order valence-corrected chi connectivity index (χ0v) is 8.21. The number of hydrogen-bond donors (Lipinski definition) is 1. The second-order valence-electron chi connectivity index (χ2n) is 2.92. The third-order valence-electron chi connectivity index (χ3n) is 1.84. The molecular weight excluding hydrogens is 192 g/mol. The molecule has 15 heavy (non-hydrogen) atoms. The highest BCUT2D eigenvalue weighted by molar-refractivity contribution is 5.80. The first-order valence-electron chi connectivity index (χ1n) is 4.27. The predicted molar refractivity (Wildman–Crippen MR) is 56.3 cm³/mol. The number of rotatable bonds is 3. The van der Waals surface area contributed by atoms with Gasteiger partial charge in [-0.2, -0.15) is 5.26 Å². The van der Waals surface area contributed by atoms with Crippen molar-refractivity contribution in [2.45, 2.75) is 0 Å². The van der Waals surface area contributed by atoms with E-state index in [1.165, 1.54) is 6.20 Å². The standard InChI is InChI=1S/C11H10N2O2/c1-13(7-6-11(14)15)10-4-2-9(8-12)3-5-10/h2-7H,1H3,(H,14,15)/b7-6+. The van der Waals surface area contributed by atoms with Gasteiger partial charge in [0.2, 0.25) is 0 Å². The zero-order chi connectivity index (χ0) is 11.3. The molecule has 0 fully saturated rings. The molecule has 4 nitrogen and oxygen atoms in total. The number of aliphatic carboxylic acids is 1. The summed E-state index contributed by atoms with van der Waals surface area (Å²) in [7, 11) is 1.74. The third-order valence-corrected chi connectivity index (χ3v) is 1.84. The van der Waals surface area contributed by atoms with Crippen LogP contribution >= 0.6 is 0 Å². The molecular formula is C11H10N2O2. The average molecular weight is 202 g/mol. The van der Waals surface area contributed by atoms with E-state index in [9.17, 15) is 4.79 Å². The molecule has 0 aliphatic carbocycles. The molecule has 0 unspecified atom stereocenters. The van der Waals surface area contributed by atoms with E-state index in [0.29, 0.717) is 5.56 Å². The molecule has 0 saturated carbocycles. The van der Waals surface area contributed by atoms with Crippen molar-refractivity contribution in [3.05, 3.63) is 42.1 Å². The molecule has 0 spiro atoms. The van der Waals surface area contributed by atoms with Gasteiger partial charge in [0.15, 0.2) is 0 Å². The van der Waals surface area contributed by atoms with Crippen molar-refractivity contribution in [2.24, 2.45) is 0 Å². The monoisotopic (exact) mass is 202 g/mol. The minimum absolute atomic E-state index is 0.578. The summed E-state index contributed by atoms with van der Waals surface area (Å²) in [5.41, 5.74) is 1.40. The molecule has 0 radical (unpaired) electrons. The molecule has 1 rings (SSSR count). The second-order valence-corrected chi connectivity index (χ2v) is 2.92. The van der Waals surface area contributed by atoms with E-state index < -0.39 is 5.97 Å². The minimum Gasteiger partial charge on any atom is -0.478 e. The first kappa shape index (κ1) is 10.8. The summed E-state index contributed by atoms with van der Waals surface area (Å²) in [6.07, 6.45) is 2.50. The van der Waals surface area contributed by atoms with Gasteiger partial charge in [-0.3, -0.25) is 0 Å². The molecule has 0 heterocycles. The van der Waals surface area contributed by atoms with E-state index in [1.54, 1.807) is 36.2 Å². The lowest BCUT2D eigenvalue weighted by molar-refractivity contribution is -0.131. The van der Waals surface area contributed by atoms with Gasteiger partial charge in [0, 0.05) is 25.0 Å². The van der Waals surface area contributed by atoms with Crippen molar-refractivity contribution >= 4 is 11.7 Å². The van der Waals surface area contributed by atoms with Gasteiger partial charge in [-0.25, -0.2) is 4.79 Å². The van der Waals surface area contributed by atoms with E-state index in [2.05, 4.69) is 0 Å². The lowest BCUT2D eigenvalue weighted by Gasteiger charge is -2.13. The summed E-state index contributed by atoms with van der Waals surface area (Å²) >= 11 is 0. The van der Waals surface area contributed by atoms with Crippen LogP contribution in [0.25, 0.3) is 0 Å². The maximum atomic E-state index is 10.3. The topological polar surface area (TPSA) is 64.3 Å². The van der Waals surface area contributed by atoms with Gasteiger partial charge < -0.3 is 10.0 Å². The number of nitrogens with zero attached hydrogens (tertiary/aromatic N) is 2. The van der Waals surface area contributed by atoms with Crippen molar-refractivity contribution in [2.75, 3.05) is 11.9 Å². The van der Waals surface area contributed by atoms with Gasteiger partial charge in [-0.15, -0.1) is 0 Å².